The molecule has 0 saturated carbocycles. The number of anilines is 1. The molecule has 0 bridgehead atoms. The molecule has 1 aliphatic rings. The van der Waals surface area contributed by atoms with E-state index in [-0.39, 0.29) is 5.57 Å². The lowest BCUT2D eigenvalue weighted by molar-refractivity contribution is -0.133. The molecule has 24 heavy (non-hydrogen) atoms. The van der Waals surface area contributed by atoms with Crippen LogP contribution in [0.15, 0.2) is 42.1 Å². The third-order valence-electron chi connectivity index (χ3n) is 3.80. The number of ether oxygens (including phenoxy) is 1. The molecule has 0 radical (unpaired) electrons. The summed E-state index contributed by atoms with van der Waals surface area (Å²) in [5, 5.41) is 13.1. The van der Waals surface area contributed by atoms with E-state index < -0.39 is 17.7 Å². The predicted octanol–water partition coefficient (Wildman–Crippen LogP) is 3.34. The van der Waals surface area contributed by atoms with Gasteiger partial charge < -0.3 is 20.1 Å². The molecule has 1 heterocycles. The Morgan fingerprint density at radius 2 is 2.21 bits per heavy atom. The van der Waals surface area contributed by atoms with Crippen LogP contribution in [0.4, 0.5) is 5.69 Å². The SMILES string of the molecule is C#CC(C)(C)N1C=CC=C(C(=O)O)C1Nc1ccc(OC)c(Cl)c1. The van der Waals surface area contributed by atoms with Crippen molar-refractivity contribution in [2.24, 2.45) is 0 Å². The molecule has 0 fully saturated rings. The molecule has 1 atom stereocenters. The van der Waals surface area contributed by atoms with Gasteiger partial charge in [-0.3, -0.25) is 0 Å². The Kier molecular flexibility index (Phi) is 5.10. The minimum atomic E-state index is -1.02. The summed E-state index contributed by atoms with van der Waals surface area (Å²) in [6.45, 7) is 3.69. The second-order valence-electron chi connectivity index (χ2n) is 5.78. The largest absolute Gasteiger partial charge is 0.495 e. The van der Waals surface area contributed by atoms with Crippen molar-refractivity contribution in [3.8, 4) is 18.1 Å². The Labute approximate surface area is 146 Å². The van der Waals surface area contributed by atoms with Crippen LogP contribution in [-0.4, -0.2) is 34.8 Å². The Balaban J connectivity index is 2.39. The molecule has 1 aliphatic heterocycles. The first-order chi connectivity index (χ1) is 11.3. The molecule has 0 saturated heterocycles. The average molecular weight is 347 g/mol. The molecule has 1 aromatic carbocycles. The van der Waals surface area contributed by atoms with Gasteiger partial charge in [0.05, 0.1) is 23.2 Å². The normalized spacial score (nSPS) is 17.0. The van der Waals surface area contributed by atoms with Crippen LogP contribution in [0.1, 0.15) is 13.8 Å². The molecule has 126 valence electrons. The number of carboxylic acid groups (broad SMARTS) is 1. The highest BCUT2D eigenvalue weighted by Gasteiger charge is 2.35. The molecule has 0 amide bonds. The van der Waals surface area contributed by atoms with E-state index in [1.807, 2.05) is 13.8 Å². The second kappa shape index (κ2) is 6.90. The number of hydrogen-bond acceptors (Lipinski definition) is 4. The number of benzene rings is 1. The van der Waals surface area contributed by atoms with Crippen LogP contribution in [0.2, 0.25) is 5.02 Å². The van der Waals surface area contributed by atoms with Crippen LogP contribution < -0.4 is 10.1 Å². The maximum atomic E-state index is 11.6. The summed E-state index contributed by atoms with van der Waals surface area (Å²) in [5.41, 5.74) is 0.165. The molecule has 5 nitrogen and oxygen atoms in total. The zero-order valence-corrected chi connectivity index (χ0v) is 14.5. The van der Waals surface area contributed by atoms with Crippen molar-refractivity contribution in [1.82, 2.24) is 4.90 Å². The quantitative estimate of drug-likeness (QED) is 0.801. The number of halogens is 1. The lowest BCUT2D eigenvalue weighted by Gasteiger charge is -2.42. The lowest BCUT2D eigenvalue weighted by Crippen LogP contribution is -2.52. The molecule has 6 heteroatoms. The van der Waals surface area contributed by atoms with E-state index in [4.69, 9.17) is 22.8 Å². The average Bonchev–Trinajstić information content (AvgIpc) is 2.55. The number of terminal acetylenes is 1. The summed E-state index contributed by atoms with van der Waals surface area (Å²) in [5.74, 6) is 2.21. The molecule has 1 aromatic rings. The van der Waals surface area contributed by atoms with Crippen molar-refractivity contribution in [2.75, 3.05) is 12.4 Å². The highest BCUT2D eigenvalue weighted by Crippen LogP contribution is 2.31. The summed E-state index contributed by atoms with van der Waals surface area (Å²) in [6, 6.07) is 5.16. The first kappa shape index (κ1) is 17.8. The van der Waals surface area contributed by atoms with Gasteiger partial charge in [-0.15, -0.1) is 6.42 Å². The van der Waals surface area contributed by atoms with Crippen molar-refractivity contribution in [3.05, 3.63) is 47.1 Å². The highest BCUT2D eigenvalue weighted by atomic mass is 35.5. The van der Waals surface area contributed by atoms with E-state index in [2.05, 4.69) is 11.2 Å². The fraction of sp³-hybridized carbons (Fsp3) is 0.278. The van der Waals surface area contributed by atoms with Crippen molar-refractivity contribution >= 4 is 23.3 Å². The minimum absolute atomic E-state index is 0.188. The van der Waals surface area contributed by atoms with Gasteiger partial charge in [-0.2, -0.15) is 0 Å². The first-order valence-corrected chi connectivity index (χ1v) is 7.66. The molecule has 0 aliphatic carbocycles. The predicted molar refractivity (Wildman–Crippen MR) is 95.0 cm³/mol. The van der Waals surface area contributed by atoms with E-state index in [1.54, 1.807) is 41.5 Å². The number of nitrogens with zero attached hydrogens (tertiary/aromatic N) is 1. The van der Waals surface area contributed by atoms with Crippen molar-refractivity contribution in [2.45, 2.75) is 25.6 Å². The van der Waals surface area contributed by atoms with Gasteiger partial charge >= 0.3 is 5.97 Å². The smallest absolute Gasteiger partial charge is 0.335 e. The number of carboxylic acids is 1. The van der Waals surface area contributed by atoms with E-state index in [0.717, 1.165) is 0 Å². The second-order valence-corrected chi connectivity index (χ2v) is 6.18. The maximum Gasteiger partial charge on any atom is 0.335 e. The zero-order chi connectivity index (χ0) is 17.9. The monoisotopic (exact) mass is 346 g/mol. The van der Waals surface area contributed by atoms with E-state index in [9.17, 15) is 9.90 Å². The standard InChI is InChI=1S/C18H19ClN2O3/c1-5-18(2,3)21-10-6-7-13(17(22)23)16(21)20-12-8-9-15(24-4)14(19)11-12/h1,6-11,16,20H,2-4H3,(H,22,23). The van der Waals surface area contributed by atoms with Gasteiger partial charge in [-0.05, 0) is 44.2 Å². The summed E-state index contributed by atoms with van der Waals surface area (Å²) in [4.78, 5) is 13.4. The number of carbonyl (C=O) groups is 1. The zero-order valence-electron chi connectivity index (χ0n) is 13.7. The maximum absolute atomic E-state index is 11.6. The van der Waals surface area contributed by atoms with Gasteiger partial charge in [0.2, 0.25) is 0 Å². The molecule has 0 aromatic heterocycles. The van der Waals surface area contributed by atoms with Crippen molar-refractivity contribution < 1.29 is 14.6 Å². The minimum Gasteiger partial charge on any atom is -0.495 e. The van der Waals surface area contributed by atoms with Crippen LogP contribution in [0.3, 0.4) is 0 Å². The number of allylic oxidation sites excluding steroid dienone is 2. The van der Waals surface area contributed by atoms with Crippen molar-refractivity contribution in [3.63, 3.8) is 0 Å². The number of nitrogens with one attached hydrogen (secondary N) is 1. The van der Waals surface area contributed by atoms with Crippen LogP contribution in [-0.2, 0) is 4.79 Å². The Bertz CT molecular complexity index is 747. The topological polar surface area (TPSA) is 61.8 Å². The molecule has 2 rings (SSSR count). The Morgan fingerprint density at radius 1 is 1.50 bits per heavy atom. The Hall–Kier alpha value is -2.58. The van der Waals surface area contributed by atoms with Crippen LogP contribution >= 0.6 is 11.6 Å². The third kappa shape index (κ3) is 3.50. The van der Waals surface area contributed by atoms with Crippen LogP contribution in [0.25, 0.3) is 0 Å². The summed E-state index contributed by atoms with van der Waals surface area (Å²) in [7, 11) is 1.53. The number of rotatable bonds is 5. The number of hydrogen-bond donors (Lipinski definition) is 2. The highest BCUT2D eigenvalue weighted by molar-refractivity contribution is 6.32. The van der Waals surface area contributed by atoms with E-state index in [1.165, 1.54) is 7.11 Å². The van der Waals surface area contributed by atoms with Gasteiger partial charge in [0, 0.05) is 11.9 Å². The van der Waals surface area contributed by atoms with Gasteiger partial charge in [0.15, 0.2) is 0 Å². The van der Waals surface area contributed by atoms with Crippen molar-refractivity contribution in [1.29, 1.82) is 0 Å². The van der Waals surface area contributed by atoms with E-state index in [0.29, 0.717) is 16.5 Å². The summed E-state index contributed by atoms with van der Waals surface area (Å²) in [6.07, 6.45) is 9.97. The van der Waals surface area contributed by atoms with Gasteiger partial charge in [-0.1, -0.05) is 17.5 Å². The molecule has 1 unspecified atom stereocenters. The number of aliphatic carboxylic acids is 1. The van der Waals surface area contributed by atoms with Gasteiger partial charge in [0.25, 0.3) is 0 Å². The van der Waals surface area contributed by atoms with Gasteiger partial charge in [-0.25, -0.2) is 4.79 Å². The fourth-order valence-electron chi connectivity index (χ4n) is 2.40. The molecule has 2 N–H and O–H groups in total. The third-order valence-corrected chi connectivity index (χ3v) is 4.09. The Morgan fingerprint density at radius 3 is 2.75 bits per heavy atom. The number of methoxy groups -OCH3 is 1. The van der Waals surface area contributed by atoms with Gasteiger partial charge in [0.1, 0.15) is 11.9 Å². The molecular formula is C18H19ClN2O3. The summed E-state index contributed by atoms with van der Waals surface area (Å²) >= 11 is 6.14. The summed E-state index contributed by atoms with van der Waals surface area (Å²) < 4.78 is 5.13. The van der Waals surface area contributed by atoms with Crippen LogP contribution in [0, 0.1) is 12.3 Å². The molecular weight excluding hydrogens is 328 g/mol. The van der Waals surface area contributed by atoms with E-state index >= 15 is 0 Å². The first-order valence-electron chi connectivity index (χ1n) is 7.28. The molecule has 0 spiro atoms. The van der Waals surface area contributed by atoms with Crippen LogP contribution in [0.5, 0.6) is 5.75 Å². The fourth-order valence-corrected chi connectivity index (χ4v) is 2.66. The lowest BCUT2D eigenvalue weighted by atomic mass is 9.99.